The van der Waals surface area contributed by atoms with Crippen LogP contribution in [0.5, 0.6) is 0 Å². The molecule has 0 unspecified atom stereocenters. The van der Waals surface area contributed by atoms with E-state index in [1.807, 2.05) is 25.7 Å². The molecule has 2 bridgehead atoms. The molecule has 1 aromatic rings. The Bertz CT molecular complexity index is 702. The molecule has 2 amide bonds. The summed E-state index contributed by atoms with van der Waals surface area (Å²) in [5.74, 6) is 0.311. The smallest absolute Gasteiger partial charge is 0.336 e. The first-order valence-corrected chi connectivity index (χ1v) is 8.80. The first-order valence-electron chi connectivity index (χ1n) is 8.80. The third-order valence-corrected chi connectivity index (χ3v) is 5.10. The van der Waals surface area contributed by atoms with E-state index in [4.69, 9.17) is 9.26 Å². The molecule has 2 atom stereocenters. The van der Waals surface area contributed by atoms with Crippen LogP contribution >= 0.6 is 0 Å². The van der Waals surface area contributed by atoms with Crippen LogP contribution in [0.15, 0.2) is 10.1 Å². The van der Waals surface area contributed by atoms with E-state index in [9.17, 15) is 9.59 Å². The summed E-state index contributed by atoms with van der Waals surface area (Å²) in [6.07, 6.45) is 3.13. The Morgan fingerprint density at radius 3 is 2.72 bits per heavy atom. The van der Waals surface area contributed by atoms with Crippen LogP contribution in [0.3, 0.4) is 0 Å². The summed E-state index contributed by atoms with van der Waals surface area (Å²) >= 11 is 0. The Balaban J connectivity index is 2.05. The number of amides is 2. The number of methoxy groups -OCH3 is 1. The summed E-state index contributed by atoms with van der Waals surface area (Å²) < 4.78 is 10.4. The highest BCUT2D eigenvalue weighted by molar-refractivity contribution is 6.01. The Morgan fingerprint density at radius 1 is 1.36 bits per heavy atom. The normalized spacial score (nSPS) is 22.3. The van der Waals surface area contributed by atoms with E-state index >= 15 is 0 Å². The largest absolute Gasteiger partial charge is 0.466 e. The number of aromatic nitrogens is 1. The molecule has 0 saturated carbocycles. The van der Waals surface area contributed by atoms with Crippen LogP contribution in [0.1, 0.15) is 49.6 Å². The standard InChI is InChI=1S/C18H25N3O4/c1-5-8-19-18(23)21-12-6-7-14(21)16(17(22)24-4)13(9-12)15-10(2)20-25-11(15)3/h12,14H,5-9H2,1-4H3,(H,19,23)/t12-,14+/m0/s1. The molecule has 0 aliphatic carbocycles. The summed E-state index contributed by atoms with van der Waals surface area (Å²) in [6, 6.07) is -0.278. The molecule has 0 spiro atoms. The molecule has 1 saturated heterocycles. The average Bonchev–Trinajstić information content (AvgIpc) is 3.10. The number of esters is 1. The van der Waals surface area contributed by atoms with E-state index < -0.39 is 0 Å². The van der Waals surface area contributed by atoms with E-state index in [2.05, 4.69) is 10.5 Å². The number of rotatable bonds is 4. The first-order chi connectivity index (χ1) is 12.0. The van der Waals surface area contributed by atoms with Gasteiger partial charge in [0.1, 0.15) is 5.76 Å². The lowest BCUT2D eigenvalue weighted by Gasteiger charge is -2.37. The van der Waals surface area contributed by atoms with Crippen LogP contribution in [0.4, 0.5) is 4.79 Å². The second-order valence-electron chi connectivity index (χ2n) is 6.67. The van der Waals surface area contributed by atoms with Crippen LogP contribution in [0.25, 0.3) is 5.57 Å². The average molecular weight is 347 g/mol. The Hall–Kier alpha value is -2.31. The molecule has 7 heteroatoms. The van der Waals surface area contributed by atoms with Gasteiger partial charge in [-0.05, 0) is 45.1 Å². The molecule has 3 rings (SSSR count). The van der Waals surface area contributed by atoms with Crippen LogP contribution in [-0.4, -0.2) is 47.8 Å². The molecule has 2 aliphatic rings. The molecule has 25 heavy (non-hydrogen) atoms. The number of carbonyl (C=O) groups is 2. The Morgan fingerprint density at radius 2 is 2.12 bits per heavy atom. The number of nitrogens with zero attached hydrogens (tertiary/aromatic N) is 2. The fraction of sp³-hybridized carbons (Fsp3) is 0.611. The summed E-state index contributed by atoms with van der Waals surface area (Å²) in [7, 11) is 1.38. The van der Waals surface area contributed by atoms with Gasteiger partial charge >= 0.3 is 12.0 Å². The number of aryl methyl sites for hydroxylation is 2. The maximum Gasteiger partial charge on any atom is 0.336 e. The number of carbonyl (C=O) groups excluding carboxylic acids is 2. The van der Waals surface area contributed by atoms with Crippen molar-refractivity contribution in [2.45, 2.75) is 58.5 Å². The Kier molecular flexibility index (Phi) is 4.83. The second kappa shape index (κ2) is 6.90. The van der Waals surface area contributed by atoms with Gasteiger partial charge in [0.15, 0.2) is 0 Å². The lowest BCUT2D eigenvalue weighted by Crippen LogP contribution is -2.51. The van der Waals surface area contributed by atoms with Crippen LogP contribution < -0.4 is 5.32 Å². The minimum Gasteiger partial charge on any atom is -0.466 e. The summed E-state index contributed by atoms with van der Waals surface area (Å²) in [6.45, 7) is 6.36. The Labute approximate surface area is 147 Å². The monoisotopic (exact) mass is 347 g/mol. The number of nitrogens with one attached hydrogen (secondary N) is 1. The zero-order valence-electron chi connectivity index (χ0n) is 15.2. The van der Waals surface area contributed by atoms with Gasteiger partial charge in [0.05, 0.1) is 24.4 Å². The molecule has 3 heterocycles. The molecule has 1 aromatic heterocycles. The van der Waals surface area contributed by atoms with Gasteiger partial charge in [0.2, 0.25) is 0 Å². The highest BCUT2D eigenvalue weighted by Crippen LogP contribution is 2.44. The van der Waals surface area contributed by atoms with Crippen molar-refractivity contribution in [2.24, 2.45) is 0 Å². The van der Waals surface area contributed by atoms with Crippen molar-refractivity contribution in [2.75, 3.05) is 13.7 Å². The number of hydrogen-bond donors (Lipinski definition) is 1. The van der Waals surface area contributed by atoms with E-state index in [0.717, 1.165) is 36.1 Å². The molecular formula is C18H25N3O4. The zero-order chi connectivity index (χ0) is 18.1. The van der Waals surface area contributed by atoms with E-state index in [0.29, 0.717) is 24.3 Å². The molecule has 136 valence electrons. The van der Waals surface area contributed by atoms with E-state index in [-0.39, 0.29) is 24.1 Å². The SMILES string of the molecule is CCCNC(=O)N1[C@H]2CC[C@@H]1C(C(=O)OC)=C(c1c(C)noc1C)C2. The van der Waals surface area contributed by atoms with Crippen molar-refractivity contribution in [1.82, 2.24) is 15.4 Å². The minimum atomic E-state index is -0.381. The highest BCUT2D eigenvalue weighted by atomic mass is 16.5. The van der Waals surface area contributed by atoms with Crippen molar-refractivity contribution in [3.63, 3.8) is 0 Å². The van der Waals surface area contributed by atoms with Crippen LogP contribution in [-0.2, 0) is 9.53 Å². The van der Waals surface area contributed by atoms with Gasteiger partial charge in [0, 0.05) is 18.2 Å². The van der Waals surface area contributed by atoms with Crippen LogP contribution in [0.2, 0.25) is 0 Å². The quantitative estimate of drug-likeness (QED) is 0.846. The lowest BCUT2D eigenvalue weighted by molar-refractivity contribution is -0.136. The highest BCUT2D eigenvalue weighted by Gasteiger charge is 2.47. The molecule has 0 radical (unpaired) electrons. The van der Waals surface area contributed by atoms with Crippen molar-refractivity contribution in [3.8, 4) is 0 Å². The minimum absolute atomic E-state index is 0.0824. The van der Waals surface area contributed by atoms with Crippen molar-refractivity contribution >= 4 is 17.6 Å². The van der Waals surface area contributed by atoms with Gasteiger partial charge in [0.25, 0.3) is 0 Å². The topological polar surface area (TPSA) is 84.7 Å². The summed E-state index contributed by atoms with van der Waals surface area (Å²) in [4.78, 5) is 27.0. The lowest BCUT2D eigenvalue weighted by atomic mass is 9.87. The maximum absolute atomic E-state index is 12.6. The predicted octanol–water partition coefficient (Wildman–Crippen LogP) is 2.57. The van der Waals surface area contributed by atoms with Crippen LogP contribution in [0, 0.1) is 13.8 Å². The molecule has 2 aliphatic heterocycles. The zero-order valence-corrected chi connectivity index (χ0v) is 15.2. The van der Waals surface area contributed by atoms with Gasteiger partial charge in [-0.1, -0.05) is 12.1 Å². The molecule has 7 nitrogen and oxygen atoms in total. The van der Waals surface area contributed by atoms with E-state index in [1.54, 1.807) is 0 Å². The fourth-order valence-corrected chi connectivity index (χ4v) is 4.06. The number of ether oxygens (including phenoxy) is 1. The first kappa shape index (κ1) is 17.5. The second-order valence-corrected chi connectivity index (χ2v) is 6.67. The van der Waals surface area contributed by atoms with Gasteiger partial charge in [-0.15, -0.1) is 0 Å². The maximum atomic E-state index is 12.6. The summed E-state index contributed by atoms with van der Waals surface area (Å²) in [5.41, 5.74) is 3.12. The molecule has 1 fully saturated rings. The third kappa shape index (κ3) is 2.92. The van der Waals surface area contributed by atoms with Gasteiger partial charge in [-0.2, -0.15) is 0 Å². The molecule has 0 aromatic carbocycles. The summed E-state index contributed by atoms with van der Waals surface area (Å²) in [5, 5.41) is 6.96. The van der Waals surface area contributed by atoms with Crippen molar-refractivity contribution < 1.29 is 18.8 Å². The predicted molar refractivity (Wildman–Crippen MR) is 91.9 cm³/mol. The molecular weight excluding hydrogens is 322 g/mol. The van der Waals surface area contributed by atoms with Crippen molar-refractivity contribution in [1.29, 1.82) is 0 Å². The fourth-order valence-electron chi connectivity index (χ4n) is 4.06. The van der Waals surface area contributed by atoms with Crippen molar-refractivity contribution in [3.05, 3.63) is 22.6 Å². The number of fused-ring (bicyclic) bond motifs is 2. The number of urea groups is 1. The molecule has 1 N–H and O–H groups in total. The third-order valence-electron chi connectivity index (χ3n) is 5.10. The number of hydrogen-bond acceptors (Lipinski definition) is 5. The van der Waals surface area contributed by atoms with E-state index in [1.165, 1.54) is 7.11 Å². The van der Waals surface area contributed by atoms with Gasteiger partial charge in [-0.3, -0.25) is 0 Å². The van der Waals surface area contributed by atoms with Gasteiger partial charge in [-0.25, -0.2) is 9.59 Å². The van der Waals surface area contributed by atoms with Gasteiger partial charge < -0.3 is 19.5 Å².